The van der Waals surface area contributed by atoms with Gasteiger partial charge < -0.3 is 34.9 Å². The van der Waals surface area contributed by atoms with Crippen molar-refractivity contribution in [1.29, 1.82) is 0 Å². The normalized spacial score (nSPS) is 12.2. The predicted octanol–water partition coefficient (Wildman–Crippen LogP) is 10.8. The minimum Gasteiger partial charge on any atom is -0.481 e. The van der Waals surface area contributed by atoms with Gasteiger partial charge >= 0.3 is 18.2 Å². The minimum atomic E-state index is -4.84. The fraction of sp³-hybridized carbons (Fsp3) is 0.238. The Labute approximate surface area is 351 Å². The number of hydrogen-bond acceptors (Lipinski definition) is 6. The molecule has 0 fully saturated rings. The number of amides is 4. The molecule has 0 bridgehead atoms. The van der Waals surface area contributed by atoms with Crippen molar-refractivity contribution in [3.8, 4) is 5.88 Å². The van der Waals surface area contributed by atoms with Crippen LogP contribution in [0.3, 0.4) is 0 Å². The molecule has 0 aliphatic carbocycles. The molecular formula is C42H39Cl2F5N6O5. The Morgan fingerprint density at radius 1 is 0.800 bits per heavy atom. The Hall–Kier alpha value is -5.97. The molecule has 18 heteroatoms. The predicted molar refractivity (Wildman–Crippen MR) is 222 cm³/mol. The number of halogens is 7. The smallest absolute Gasteiger partial charge is 0.413 e. The Bertz CT molecular complexity index is 2540. The van der Waals surface area contributed by atoms with Gasteiger partial charge in [0.15, 0.2) is 6.04 Å². The van der Waals surface area contributed by atoms with Crippen LogP contribution in [0.5, 0.6) is 5.88 Å². The quantitative estimate of drug-likeness (QED) is 0.111. The summed E-state index contributed by atoms with van der Waals surface area (Å²) in [6, 6.07) is 16.8. The maximum absolute atomic E-state index is 14.1. The molecule has 2 atom stereocenters. The molecule has 2 unspecified atom stereocenters. The molecule has 2 aromatic heterocycles. The number of aromatic nitrogens is 2. The highest BCUT2D eigenvalue weighted by molar-refractivity contribution is 6.31. The summed E-state index contributed by atoms with van der Waals surface area (Å²) in [4.78, 5) is 46.7. The number of pyridine rings is 2. The highest BCUT2D eigenvalue weighted by atomic mass is 35.5. The first-order chi connectivity index (χ1) is 28.6. The van der Waals surface area contributed by atoms with E-state index in [1.54, 1.807) is 25.3 Å². The van der Waals surface area contributed by atoms with Crippen LogP contribution in [0.1, 0.15) is 37.1 Å². The molecule has 0 aliphatic rings. The lowest BCUT2D eigenvalue weighted by Gasteiger charge is -2.33. The van der Waals surface area contributed by atoms with E-state index in [1.807, 2.05) is 31.2 Å². The van der Waals surface area contributed by atoms with E-state index in [1.165, 1.54) is 55.5 Å². The molecule has 4 aromatic carbocycles. The van der Waals surface area contributed by atoms with Gasteiger partial charge in [0.1, 0.15) is 11.6 Å². The van der Waals surface area contributed by atoms with Crippen molar-refractivity contribution in [2.45, 2.75) is 32.1 Å². The van der Waals surface area contributed by atoms with Gasteiger partial charge in [0.25, 0.3) is 5.56 Å². The number of carbonyl (C=O) groups is 2. The van der Waals surface area contributed by atoms with E-state index < -0.39 is 35.4 Å². The lowest BCUT2D eigenvalue weighted by molar-refractivity contribution is -0.177. The van der Waals surface area contributed by atoms with Gasteiger partial charge in [-0.05, 0) is 73.2 Å². The number of rotatable bonds is 11. The number of fused-ring (bicyclic) bond motifs is 2. The van der Waals surface area contributed by atoms with Crippen LogP contribution >= 0.6 is 23.2 Å². The first-order valence-electron chi connectivity index (χ1n) is 18.2. The van der Waals surface area contributed by atoms with E-state index in [9.17, 15) is 36.3 Å². The third kappa shape index (κ3) is 10.4. The monoisotopic (exact) mass is 872 g/mol. The zero-order chi connectivity index (χ0) is 43.7. The Balaban J connectivity index is 0.000000228. The standard InChI is InChI=1S/C22H23ClFN3O3.C20H16ClF4N3O2/c1-14(18-13-25-21(30-3)17-7-5-4-6-16(17)18)27(10-11-29-2)22(28)26-15-8-9-20(24)19(23)12-15;1-2-28(19(30)27-11-7-8-16(22)15(21)9-11)17(20(23,24)25)14-10-26-18(29)13-6-4-3-5-12(13)14/h4-9,12-14H,10-11H2,1-3H3,(H,26,28);3-10,17H,2H2,1H3,(H,26,29)(H,27,30). The third-order valence-electron chi connectivity index (χ3n) is 9.40. The van der Waals surface area contributed by atoms with Crippen LogP contribution in [0.25, 0.3) is 21.5 Å². The number of H-pyrrole nitrogens is 1. The molecule has 0 saturated carbocycles. The van der Waals surface area contributed by atoms with E-state index in [0.29, 0.717) is 29.6 Å². The van der Waals surface area contributed by atoms with Crippen LogP contribution in [0, 0.1) is 11.6 Å². The fourth-order valence-corrected chi connectivity index (χ4v) is 6.83. The maximum atomic E-state index is 14.1. The van der Waals surface area contributed by atoms with Gasteiger partial charge in [-0.1, -0.05) is 59.6 Å². The topological polar surface area (TPSA) is 129 Å². The number of nitrogens with one attached hydrogen (secondary N) is 3. The highest BCUT2D eigenvalue weighted by Crippen LogP contribution is 2.40. The average Bonchev–Trinajstić information content (AvgIpc) is 3.22. The van der Waals surface area contributed by atoms with Crippen LogP contribution in [0.2, 0.25) is 10.0 Å². The summed E-state index contributed by atoms with van der Waals surface area (Å²) in [5.74, 6) is -0.750. The highest BCUT2D eigenvalue weighted by Gasteiger charge is 2.47. The Morgan fingerprint density at radius 2 is 1.32 bits per heavy atom. The molecule has 2 heterocycles. The maximum Gasteiger partial charge on any atom is 0.413 e. The van der Waals surface area contributed by atoms with Crippen molar-refractivity contribution < 1.29 is 41.0 Å². The van der Waals surface area contributed by atoms with Crippen molar-refractivity contribution in [1.82, 2.24) is 19.8 Å². The third-order valence-corrected chi connectivity index (χ3v) is 9.98. The van der Waals surface area contributed by atoms with E-state index in [4.69, 9.17) is 32.7 Å². The number of hydrogen-bond donors (Lipinski definition) is 3. The van der Waals surface area contributed by atoms with Gasteiger partial charge in [0, 0.05) is 65.9 Å². The lowest BCUT2D eigenvalue weighted by atomic mass is 10.00. The molecule has 3 N–H and O–H groups in total. The van der Waals surface area contributed by atoms with Crippen molar-refractivity contribution in [2.24, 2.45) is 0 Å². The van der Waals surface area contributed by atoms with Gasteiger partial charge in [-0.2, -0.15) is 13.2 Å². The first kappa shape index (κ1) is 45.1. The minimum absolute atomic E-state index is 0.0390. The second kappa shape index (κ2) is 19.9. The van der Waals surface area contributed by atoms with Crippen molar-refractivity contribution in [3.63, 3.8) is 0 Å². The number of anilines is 2. The molecule has 0 saturated heterocycles. The van der Waals surface area contributed by atoms with Gasteiger partial charge in [0.05, 0.1) is 29.8 Å². The van der Waals surface area contributed by atoms with E-state index >= 15 is 0 Å². The molecule has 60 heavy (non-hydrogen) atoms. The van der Waals surface area contributed by atoms with Gasteiger partial charge in [-0.3, -0.25) is 4.79 Å². The number of alkyl halides is 3. The molecule has 316 valence electrons. The fourth-order valence-electron chi connectivity index (χ4n) is 6.47. The number of benzene rings is 4. The molecular weight excluding hydrogens is 834 g/mol. The van der Waals surface area contributed by atoms with Gasteiger partial charge in [-0.15, -0.1) is 0 Å². The van der Waals surface area contributed by atoms with Crippen molar-refractivity contribution >= 4 is 68.2 Å². The number of nitrogens with zero attached hydrogens (tertiary/aromatic N) is 3. The van der Waals surface area contributed by atoms with Crippen molar-refractivity contribution in [3.05, 3.63) is 140 Å². The zero-order valence-corrected chi connectivity index (χ0v) is 34.1. The summed E-state index contributed by atoms with van der Waals surface area (Å²) in [6.45, 7) is 3.72. The summed E-state index contributed by atoms with van der Waals surface area (Å²) in [7, 11) is 3.15. The van der Waals surface area contributed by atoms with Gasteiger partial charge in [0.2, 0.25) is 5.88 Å². The lowest BCUT2D eigenvalue weighted by Crippen LogP contribution is -2.44. The largest absolute Gasteiger partial charge is 0.481 e. The van der Waals surface area contributed by atoms with Crippen molar-refractivity contribution in [2.75, 3.05) is 44.5 Å². The molecule has 6 rings (SSSR count). The molecule has 0 aliphatic heterocycles. The van der Waals surface area contributed by atoms with E-state index in [2.05, 4.69) is 20.6 Å². The van der Waals surface area contributed by atoms with Crippen LogP contribution in [-0.4, -0.2) is 71.9 Å². The summed E-state index contributed by atoms with van der Waals surface area (Å²) in [5, 5.41) is 6.70. The Kier molecular flexibility index (Phi) is 14.9. The number of methoxy groups -OCH3 is 2. The summed E-state index contributed by atoms with van der Waals surface area (Å²) < 4.78 is 79.6. The van der Waals surface area contributed by atoms with E-state index in [-0.39, 0.29) is 50.7 Å². The molecule has 0 radical (unpaired) electrons. The van der Waals surface area contributed by atoms with Crippen LogP contribution in [-0.2, 0) is 4.74 Å². The number of carbonyl (C=O) groups excluding carboxylic acids is 2. The number of ether oxygens (including phenoxy) is 2. The molecule has 11 nitrogen and oxygen atoms in total. The number of urea groups is 2. The average molecular weight is 874 g/mol. The molecule has 4 amide bonds. The second-order valence-corrected chi connectivity index (χ2v) is 13.9. The summed E-state index contributed by atoms with van der Waals surface area (Å²) >= 11 is 11.5. The number of aromatic amines is 1. The second-order valence-electron chi connectivity index (χ2n) is 13.1. The molecule has 0 spiro atoms. The Morgan fingerprint density at radius 3 is 1.82 bits per heavy atom. The SMILES string of the molecule is CCN(C(=O)Nc1ccc(F)c(Cl)c1)C(c1c[nH]c(=O)c2ccccc12)C(F)(F)F.COCCN(C(=O)Nc1ccc(F)c(Cl)c1)C(C)c1cnc(OC)c2ccccc12. The van der Waals surface area contributed by atoms with Crippen LogP contribution < -0.4 is 20.9 Å². The van der Waals surface area contributed by atoms with E-state index in [0.717, 1.165) is 34.7 Å². The van der Waals surface area contributed by atoms with Crippen LogP contribution in [0.15, 0.2) is 102 Å². The zero-order valence-electron chi connectivity index (χ0n) is 32.5. The molecule has 6 aromatic rings. The summed E-state index contributed by atoms with van der Waals surface area (Å²) in [5.41, 5.74) is 0.501. The first-order valence-corrected chi connectivity index (χ1v) is 19.0. The van der Waals surface area contributed by atoms with Crippen LogP contribution in [0.4, 0.5) is 42.9 Å². The van der Waals surface area contributed by atoms with Gasteiger partial charge in [-0.25, -0.2) is 23.4 Å². The summed E-state index contributed by atoms with van der Waals surface area (Å²) in [6.07, 6.45) is -2.16.